The second kappa shape index (κ2) is 7.11. The lowest BCUT2D eigenvalue weighted by molar-refractivity contribution is 0.0995. The minimum absolute atomic E-state index is 0.100. The maximum absolute atomic E-state index is 11.9. The Labute approximate surface area is 151 Å². The molecule has 0 fully saturated rings. The molecule has 0 saturated carbocycles. The summed E-state index contributed by atoms with van der Waals surface area (Å²) in [6, 6.07) is 10.7. The third kappa shape index (κ3) is 3.57. The molecular formula is C20H18N4O2. The number of anilines is 2. The minimum atomic E-state index is -0.577. The number of rotatable bonds is 5. The van der Waals surface area contributed by atoms with Crippen LogP contribution in [0.1, 0.15) is 29.8 Å². The standard InChI is InChI=1S/C20H18N4O2/c1-4-13-6-5-7-14(8-13)24-20-15-9-16(19(21)25)18(26-12(2)3)10-17(15)22-11-23-20/h1,5-12H,2-3H3,(H2,21,25)(H,22,23,24). The Morgan fingerprint density at radius 3 is 2.77 bits per heavy atom. The Bertz CT molecular complexity index is 1020. The summed E-state index contributed by atoms with van der Waals surface area (Å²) < 4.78 is 5.70. The molecule has 1 heterocycles. The first kappa shape index (κ1) is 17.2. The van der Waals surface area contributed by atoms with E-state index >= 15 is 0 Å². The number of nitrogens with zero attached hydrogens (tertiary/aromatic N) is 2. The predicted octanol–water partition coefficient (Wildman–Crippen LogP) is 3.24. The van der Waals surface area contributed by atoms with Gasteiger partial charge in [0.1, 0.15) is 17.9 Å². The van der Waals surface area contributed by atoms with Crippen LogP contribution in [-0.2, 0) is 0 Å². The van der Waals surface area contributed by atoms with Gasteiger partial charge in [0.15, 0.2) is 0 Å². The fraction of sp³-hybridized carbons (Fsp3) is 0.150. The maximum atomic E-state index is 11.9. The van der Waals surface area contributed by atoms with E-state index in [2.05, 4.69) is 21.2 Å². The van der Waals surface area contributed by atoms with Crippen LogP contribution >= 0.6 is 0 Å². The lowest BCUT2D eigenvalue weighted by Gasteiger charge is -2.15. The summed E-state index contributed by atoms with van der Waals surface area (Å²) in [4.78, 5) is 20.4. The molecule has 0 aliphatic carbocycles. The molecule has 0 atom stereocenters. The molecule has 3 aromatic rings. The number of fused-ring (bicyclic) bond motifs is 1. The number of terminal acetylenes is 1. The molecule has 0 unspecified atom stereocenters. The van der Waals surface area contributed by atoms with Gasteiger partial charge in [-0.1, -0.05) is 12.0 Å². The molecule has 3 N–H and O–H groups in total. The quantitative estimate of drug-likeness (QED) is 0.692. The molecule has 3 rings (SSSR count). The van der Waals surface area contributed by atoms with Gasteiger partial charge in [0, 0.05) is 22.7 Å². The van der Waals surface area contributed by atoms with Crippen molar-refractivity contribution in [3.63, 3.8) is 0 Å². The van der Waals surface area contributed by atoms with Crippen LogP contribution < -0.4 is 15.8 Å². The lowest BCUT2D eigenvalue weighted by atomic mass is 10.1. The summed E-state index contributed by atoms with van der Waals surface area (Å²) in [5.74, 6) is 2.96. The van der Waals surface area contributed by atoms with Crippen molar-refractivity contribution in [1.29, 1.82) is 0 Å². The van der Waals surface area contributed by atoms with Gasteiger partial charge in [-0.3, -0.25) is 4.79 Å². The second-order valence-corrected chi connectivity index (χ2v) is 5.97. The molecule has 0 aliphatic heterocycles. The molecule has 130 valence electrons. The first-order chi connectivity index (χ1) is 12.5. The summed E-state index contributed by atoms with van der Waals surface area (Å²) in [6.45, 7) is 3.75. The largest absolute Gasteiger partial charge is 0.490 e. The molecule has 6 heteroatoms. The van der Waals surface area contributed by atoms with Crippen molar-refractivity contribution in [3.05, 3.63) is 53.9 Å². The van der Waals surface area contributed by atoms with Crippen molar-refractivity contribution in [2.24, 2.45) is 5.73 Å². The van der Waals surface area contributed by atoms with Gasteiger partial charge in [-0.15, -0.1) is 6.42 Å². The molecule has 2 aromatic carbocycles. The van der Waals surface area contributed by atoms with Gasteiger partial charge in [-0.25, -0.2) is 9.97 Å². The minimum Gasteiger partial charge on any atom is -0.490 e. The molecule has 26 heavy (non-hydrogen) atoms. The monoisotopic (exact) mass is 346 g/mol. The van der Waals surface area contributed by atoms with E-state index in [9.17, 15) is 4.79 Å². The van der Waals surface area contributed by atoms with E-state index in [1.807, 2.05) is 38.1 Å². The number of primary amides is 1. The number of carbonyl (C=O) groups excluding carboxylic acids is 1. The van der Waals surface area contributed by atoms with E-state index in [0.717, 1.165) is 11.3 Å². The summed E-state index contributed by atoms with van der Waals surface area (Å²) in [5.41, 5.74) is 7.96. The van der Waals surface area contributed by atoms with E-state index in [4.69, 9.17) is 16.9 Å². The van der Waals surface area contributed by atoms with Gasteiger partial charge < -0.3 is 15.8 Å². The van der Waals surface area contributed by atoms with Crippen molar-refractivity contribution in [2.75, 3.05) is 5.32 Å². The van der Waals surface area contributed by atoms with Gasteiger partial charge in [-0.2, -0.15) is 0 Å². The van der Waals surface area contributed by atoms with Crippen LogP contribution in [0.25, 0.3) is 10.9 Å². The number of ether oxygens (including phenoxy) is 1. The highest BCUT2D eigenvalue weighted by Crippen LogP contribution is 2.30. The van der Waals surface area contributed by atoms with Crippen molar-refractivity contribution < 1.29 is 9.53 Å². The molecule has 1 aromatic heterocycles. The lowest BCUT2D eigenvalue weighted by Crippen LogP contribution is -2.16. The third-order valence-corrected chi connectivity index (χ3v) is 3.66. The zero-order valence-electron chi connectivity index (χ0n) is 14.5. The first-order valence-corrected chi connectivity index (χ1v) is 8.07. The Balaban J connectivity index is 2.10. The highest BCUT2D eigenvalue weighted by atomic mass is 16.5. The topological polar surface area (TPSA) is 90.1 Å². The molecule has 0 bridgehead atoms. The van der Waals surface area contributed by atoms with Crippen molar-refractivity contribution >= 4 is 28.3 Å². The predicted molar refractivity (Wildman–Crippen MR) is 101 cm³/mol. The summed E-state index contributed by atoms with van der Waals surface area (Å²) in [7, 11) is 0. The van der Waals surface area contributed by atoms with Crippen LogP contribution in [0.15, 0.2) is 42.7 Å². The van der Waals surface area contributed by atoms with Gasteiger partial charge >= 0.3 is 0 Å². The van der Waals surface area contributed by atoms with Crippen LogP contribution in [0, 0.1) is 12.3 Å². The number of nitrogens with two attached hydrogens (primary N) is 1. The van der Waals surface area contributed by atoms with Gasteiger partial charge in [-0.05, 0) is 38.1 Å². The maximum Gasteiger partial charge on any atom is 0.252 e. The number of hydrogen-bond donors (Lipinski definition) is 2. The average Bonchev–Trinajstić information content (AvgIpc) is 2.61. The number of benzene rings is 2. The molecule has 0 radical (unpaired) electrons. The zero-order chi connectivity index (χ0) is 18.7. The first-order valence-electron chi connectivity index (χ1n) is 8.07. The second-order valence-electron chi connectivity index (χ2n) is 5.97. The molecular weight excluding hydrogens is 328 g/mol. The molecule has 0 aliphatic rings. The summed E-state index contributed by atoms with van der Waals surface area (Å²) in [5, 5.41) is 3.86. The fourth-order valence-corrected chi connectivity index (χ4v) is 2.55. The van der Waals surface area contributed by atoms with Crippen LogP contribution in [0.5, 0.6) is 5.75 Å². The van der Waals surface area contributed by atoms with Gasteiger partial charge in [0.05, 0.1) is 17.2 Å². The number of carbonyl (C=O) groups is 1. The van der Waals surface area contributed by atoms with E-state index in [1.54, 1.807) is 12.1 Å². The highest BCUT2D eigenvalue weighted by Gasteiger charge is 2.15. The molecule has 0 saturated heterocycles. The van der Waals surface area contributed by atoms with E-state index in [-0.39, 0.29) is 11.7 Å². The molecule has 6 nitrogen and oxygen atoms in total. The van der Waals surface area contributed by atoms with Crippen LogP contribution in [0.3, 0.4) is 0 Å². The van der Waals surface area contributed by atoms with Crippen LogP contribution in [0.2, 0.25) is 0 Å². The normalized spacial score (nSPS) is 10.5. The molecule has 0 spiro atoms. The van der Waals surface area contributed by atoms with Crippen molar-refractivity contribution in [2.45, 2.75) is 20.0 Å². The van der Waals surface area contributed by atoms with Crippen molar-refractivity contribution in [3.8, 4) is 18.1 Å². The van der Waals surface area contributed by atoms with Crippen LogP contribution in [-0.4, -0.2) is 22.0 Å². The van der Waals surface area contributed by atoms with E-state index in [1.165, 1.54) is 6.33 Å². The summed E-state index contributed by atoms with van der Waals surface area (Å²) >= 11 is 0. The van der Waals surface area contributed by atoms with E-state index < -0.39 is 5.91 Å². The smallest absolute Gasteiger partial charge is 0.252 e. The van der Waals surface area contributed by atoms with Gasteiger partial charge in [0.2, 0.25) is 0 Å². The van der Waals surface area contributed by atoms with Crippen molar-refractivity contribution in [1.82, 2.24) is 9.97 Å². The Morgan fingerprint density at radius 1 is 1.27 bits per heavy atom. The number of aromatic nitrogens is 2. The Hall–Kier alpha value is -3.59. The SMILES string of the molecule is C#Cc1cccc(Nc2ncnc3cc(OC(C)C)c(C(N)=O)cc23)c1. The molecule has 1 amide bonds. The van der Waals surface area contributed by atoms with Gasteiger partial charge in [0.25, 0.3) is 5.91 Å². The van der Waals surface area contributed by atoms with E-state index in [0.29, 0.717) is 22.5 Å². The third-order valence-electron chi connectivity index (χ3n) is 3.66. The summed E-state index contributed by atoms with van der Waals surface area (Å²) in [6.07, 6.45) is 6.79. The Kier molecular flexibility index (Phi) is 4.72. The van der Waals surface area contributed by atoms with Crippen LogP contribution in [0.4, 0.5) is 11.5 Å². The number of nitrogens with one attached hydrogen (secondary N) is 1. The zero-order valence-corrected chi connectivity index (χ0v) is 14.5. The fourth-order valence-electron chi connectivity index (χ4n) is 2.55. The Morgan fingerprint density at radius 2 is 2.08 bits per heavy atom. The number of amides is 1. The highest BCUT2D eigenvalue weighted by molar-refractivity contribution is 6.02. The average molecular weight is 346 g/mol. The number of hydrogen-bond acceptors (Lipinski definition) is 5.